The fraction of sp³-hybridized carbons (Fsp3) is 0.333. The lowest BCUT2D eigenvalue weighted by molar-refractivity contribution is -0.116. The SMILES string of the molecule is COc1ccc(C(=O)CC(C)=O)nn1. The van der Waals surface area contributed by atoms with Crippen LogP contribution in [0.15, 0.2) is 12.1 Å². The molecule has 5 nitrogen and oxygen atoms in total. The Morgan fingerprint density at radius 1 is 1.36 bits per heavy atom. The second-order valence-electron chi connectivity index (χ2n) is 2.76. The van der Waals surface area contributed by atoms with E-state index in [1.165, 1.54) is 26.2 Å². The van der Waals surface area contributed by atoms with Crippen molar-refractivity contribution in [1.82, 2.24) is 10.2 Å². The Bertz CT molecular complexity index is 346. The minimum Gasteiger partial charge on any atom is -0.480 e. The number of carbonyl (C=O) groups is 2. The molecule has 0 saturated carbocycles. The van der Waals surface area contributed by atoms with Gasteiger partial charge in [-0.2, -0.15) is 0 Å². The van der Waals surface area contributed by atoms with E-state index in [0.29, 0.717) is 5.88 Å². The Labute approximate surface area is 81.1 Å². The number of carbonyl (C=O) groups excluding carboxylic acids is 2. The molecule has 0 unspecified atom stereocenters. The van der Waals surface area contributed by atoms with Crippen molar-refractivity contribution in [2.45, 2.75) is 13.3 Å². The van der Waals surface area contributed by atoms with Crippen molar-refractivity contribution >= 4 is 11.6 Å². The number of ether oxygens (including phenoxy) is 1. The quantitative estimate of drug-likeness (QED) is 0.519. The smallest absolute Gasteiger partial charge is 0.233 e. The molecule has 1 heterocycles. The van der Waals surface area contributed by atoms with E-state index in [2.05, 4.69) is 10.2 Å². The number of hydrogen-bond donors (Lipinski definition) is 0. The van der Waals surface area contributed by atoms with E-state index in [1.54, 1.807) is 0 Å². The predicted octanol–water partition coefficient (Wildman–Crippen LogP) is 0.647. The number of hydrogen-bond acceptors (Lipinski definition) is 5. The van der Waals surface area contributed by atoms with Crippen LogP contribution in [0.3, 0.4) is 0 Å². The first-order valence-corrected chi connectivity index (χ1v) is 4.04. The van der Waals surface area contributed by atoms with E-state index in [0.717, 1.165) is 0 Å². The fourth-order valence-electron chi connectivity index (χ4n) is 0.894. The van der Waals surface area contributed by atoms with Crippen LogP contribution in [0.5, 0.6) is 5.88 Å². The molecule has 0 aromatic carbocycles. The molecule has 0 amide bonds. The zero-order chi connectivity index (χ0) is 10.6. The Morgan fingerprint density at radius 2 is 2.07 bits per heavy atom. The first-order chi connectivity index (χ1) is 6.63. The second kappa shape index (κ2) is 4.45. The molecule has 1 aromatic heterocycles. The van der Waals surface area contributed by atoms with Gasteiger partial charge in [0, 0.05) is 6.07 Å². The Kier molecular flexibility index (Phi) is 3.28. The molecule has 0 aliphatic carbocycles. The van der Waals surface area contributed by atoms with Crippen LogP contribution in [0.2, 0.25) is 0 Å². The highest BCUT2D eigenvalue weighted by atomic mass is 16.5. The molecular formula is C9H10N2O3. The first kappa shape index (κ1) is 10.3. The number of Topliss-reactive ketones (excluding diaryl/α,β-unsaturated/α-hetero) is 2. The zero-order valence-corrected chi connectivity index (χ0v) is 7.98. The van der Waals surface area contributed by atoms with Crippen molar-refractivity contribution in [2.75, 3.05) is 7.11 Å². The summed E-state index contributed by atoms with van der Waals surface area (Å²) in [7, 11) is 1.46. The summed E-state index contributed by atoms with van der Waals surface area (Å²) in [6.07, 6.45) is -0.138. The average molecular weight is 194 g/mol. The normalized spacial score (nSPS) is 9.57. The van der Waals surface area contributed by atoms with Gasteiger partial charge in [-0.05, 0) is 13.0 Å². The van der Waals surface area contributed by atoms with Gasteiger partial charge in [0.25, 0.3) is 0 Å². The molecule has 14 heavy (non-hydrogen) atoms. The van der Waals surface area contributed by atoms with Crippen LogP contribution in [0.1, 0.15) is 23.8 Å². The number of methoxy groups -OCH3 is 1. The molecular weight excluding hydrogens is 184 g/mol. The van der Waals surface area contributed by atoms with E-state index in [4.69, 9.17) is 4.74 Å². The van der Waals surface area contributed by atoms with Crippen molar-refractivity contribution in [3.8, 4) is 5.88 Å². The lowest BCUT2D eigenvalue weighted by Crippen LogP contribution is -2.08. The molecule has 5 heteroatoms. The molecule has 0 spiro atoms. The summed E-state index contributed by atoms with van der Waals surface area (Å²) in [5.74, 6) is -0.176. The molecule has 0 N–H and O–H groups in total. The number of nitrogens with zero attached hydrogens (tertiary/aromatic N) is 2. The summed E-state index contributed by atoms with van der Waals surface area (Å²) >= 11 is 0. The van der Waals surface area contributed by atoms with Gasteiger partial charge in [-0.25, -0.2) is 0 Å². The van der Waals surface area contributed by atoms with E-state index in [9.17, 15) is 9.59 Å². The van der Waals surface area contributed by atoms with Crippen molar-refractivity contribution in [3.63, 3.8) is 0 Å². The molecule has 0 radical (unpaired) electrons. The number of aromatic nitrogens is 2. The summed E-state index contributed by atoms with van der Waals surface area (Å²) in [6.45, 7) is 1.36. The monoisotopic (exact) mass is 194 g/mol. The molecule has 74 valence electrons. The molecule has 1 rings (SSSR count). The fourth-order valence-corrected chi connectivity index (χ4v) is 0.894. The summed E-state index contributed by atoms with van der Waals surface area (Å²) in [5, 5.41) is 7.25. The number of rotatable bonds is 4. The van der Waals surface area contributed by atoms with Gasteiger partial charge in [-0.1, -0.05) is 0 Å². The summed E-state index contributed by atoms with van der Waals surface area (Å²) in [4.78, 5) is 21.9. The Hall–Kier alpha value is -1.78. The maximum atomic E-state index is 11.3. The molecule has 0 saturated heterocycles. The van der Waals surface area contributed by atoms with E-state index >= 15 is 0 Å². The van der Waals surface area contributed by atoms with Crippen LogP contribution < -0.4 is 4.74 Å². The molecule has 0 aliphatic heterocycles. The Balaban J connectivity index is 2.76. The average Bonchev–Trinajstić information content (AvgIpc) is 2.17. The van der Waals surface area contributed by atoms with Crippen LogP contribution in [0.4, 0.5) is 0 Å². The maximum Gasteiger partial charge on any atom is 0.233 e. The number of ketones is 2. The third-order valence-electron chi connectivity index (χ3n) is 1.54. The van der Waals surface area contributed by atoms with Gasteiger partial charge in [0.1, 0.15) is 11.5 Å². The summed E-state index contributed by atoms with van der Waals surface area (Å²) in [5.41, 5.74) is 0.181. The molecule has 0 fully saturated rings. The second-order valence-corrected chi connectivity index (χ2v) is 2.76. The maximum absolute atomic E-state index is 11.3. The minimum absolute atomic E-state index is 0.138. The Morgan fingerprint density at radius 3 is 2.50 bits per heavy atom. The van der Waals surface area contributed by atoms with Crippen molar-refractivity contribution < 1.29 is 14.3 Å². The van der Waals surface area contributed by atoms with Crippen LogP contribution in [-0.2, 0) is 4.79 Å². The van der Waals surface area contributed by atoms with Gasteiger partial charge in [-0.3, -0.25) is 9.59 Å². The zero-order valence-electron chi connectivity index (χ0n) is 7.98. The third-order valence-corrected chi connectivity index (χ3v) is 1.54. The summed E-state index contributed by atoms with van der Waals surface area (Å²) in [6, 6.07) is 3.01. The van der Waals surface area contributed by atoms with E-state index in [1.807, 2.05) is 0 Å². The highest BCUT2D eigenvalue weighted by Crippen LogP contribution is 2.05. The van der Waals surface area contributed by atoms with Gasteiger partial charge in [-0.15, -0.1) is 10.2 Å². The predicted molar refractivity (Wildman–Crippen MR) is 48.2 cm³/mol. The summed E-state index contributed by atoms with van der Waals surface area (Å²) < 4.78 is 4.78. The van der Waals surface area contributed by atoms with Crippen molar-refractivity contribution in [1.29, 1.82) is 0 Å². The van der Waals surface area contributed by atoms with Crippen LogP contribution in [-0.4, -0.2) is 28.9 Å². The van der Waals surface area contributed by atoms with Crippen molar-refractivity contribution in [2.24, 2.45) is 0 Å². The van der Waals surface area contributed by atoms with Gasteiger partial charge in [0.15, 0.2) is 5.78 Å². The molecule has 0 bridgehead atoms. The van der Waals surface area contributed by atoms with Crippen LogP contribution in [0.25, 0.3) is 0 Å². The van der Waals surface area contributed by atoms with Crippen LogP contribution in [0, 0.1) is 0 Å². The van der Waals surface area contributed by atoms with Gasteiger partial charge in [0.2, 0.25) is 5.88 Å². The van der Waals surface area contributed by atoms with Gasteiger partial charge in [0.05, 0.1) is 13.5 Å². The van der Waals surface area contributed by atoms with E-state index in [-0.39, 0.29) is 23.7 Å². The lowest BCUT2D eigenvalue weighted by atomic mass is 10.1. The molecule has 0 atom stereocenters. The largest absolute Gasteiger partial charge is 0.480 e. The third kappa shape index (κ3) is 2.62. The first-order valence-electron chi connectivity index (χ1n) is 4.04. The van der Waals surface area contributed by atoms with Gasteiger partial charge < -0.3 is 4.74 Å². The lowest BCUT2D eigenvalue weighted by Gasteiger charge is -1.98. The molecule has 0 aliphatic rings. The van der Waals surface area contributed by atoms with Crippen LogP contribution >= 0.6 is 0 Å². The van der Waals surface area contributed by atoms with Crippen molar-refractivity contribution in [3.05, 3.63) is 17.8 Å². The highest BCUT2D eigenvalue weighted by molar-refractivity contribution is 6.06. The molecule has 1 aromatic rings. The highest BCUT2D eigenvalue weighted by Gasteiger charge is 2.10. The minimum atomic E-state index is -0.326. The van der Waals surface area contributed by atoms with E-state index < -0.39 is 0 Å². The standard InChI is InChI=1S/C9H10N2O3/c1-6(12)5-8(13)7-3-4-9(14-2)11-10-7/h3-4H,5H2,1-2H3. The van der Waals surface area contributed by atoms with Gasteiger partial charge >= 0.3 is 0 Å². The topological polar surface area (TPSA) is 69.2 Å².